The van der Waals surface area contributed by atoms with Crippen LogP contribution in [0.5, 0.6) is 23.0 Å². The lowest BCUT2D eigenvalue weighted by Gasteiger charge is -2.17. The number of benzene rings is 4. The highest BCUT2D eigenvalue weighted by Crippen LogP contribution is 2.30. The summed E-state index contributed by atoms with van der Waals surface area (Å²) in [6.45, 7) is 10.9. The Bertz CT molecular complexity index is 1650. The van der Waals surface area contributed by atoms with Crippen LogP contribution in [0.2, 0.25) is 0 Å². The Morgan fingerprint density at radius 1 is 0.323 bits per heavy atom. The van der Waals surface area contributed by atoms with Crippen molar-refractivity contribution in [3.05, 3.63) is 117 Å². The van der Waals surface area contributed by atoms with E-state index in [9.17, 15) is 0 Å². The first-order valence-electron chi connectivity index (χ1n) is 24.0. The molecule has 0 fully saturated rings. The number of fused-ring (bicyclic) bond motifs is 6. The summed E-state index contributed by atoms with van der Waals surface area (Å²) in [5.74, 6) is 3.57. The van der Waals surface area contributed by atoms with Gasteiger partial charge >= 0.3 is 0 Å². The lowest BCUT2D eigenvalue weighted by molar-refractivity contribution is -0.00699. The Morgan fingerprint density at radius 2 is 0.597 bits per heavy atom. The summed E-state index contributed by atoms with van der Waals surface area (Å²) in [6, 6.07) is 27.1. The minimum atomic E-state index is 0.452. The summed E-state index contributed by atoms with van der Waals surface area (Å²) in [5, 5.41) is 0. The fourth-order valence-electron chi connectivity index (χ4n) is 8.35. The normalized spacial score (nSPS) is 15.6. The van der Waals surface area contributed by atoms with Gasteiger partial charge in [-0.25, -0.2) is 0 Å². The van der Waals surface area contributed by atoms with Crippen molar-refractivity contribution in [3.63, 3.8) is 0 Å². The molecule has 6 rings (SSSR count). The third-order valence-electron chi connectivity index (χ3n) is 11.4. The van der Waals surface area contributed by atoms with Gasteiger partial charge in [0.05, 0.1) is 66.1 Å². The number of unbranched alkanes of at least 4 members (excludes halogenated alkanes) is 10. The van der Waals surface area contributed by atoms with E-state index < -0.39 is 0 Å². The molecule has 0 atom stereocenters. The molecule has 0 spiro atoms. The van der Waals surface area contributed by atoms with Gasteiger partial charge in [0, 0.05) is 0 Å². The van der Waals surface area contributed by atoms with Crippen LogP contribution in [0.1, 0.15) is 135 Å². The lowest BCUT2D eigenvalue weighted by Crippen LogP contribution is -2.14. The highest BCUT2D eigenvalue weighted by atomic mass is 16.6. The molecule has 4 aromatic carbocycles. The molecular weight excluding hydrogens is 777 g/mol. The molecule has 0 aromatic heterocycles. The maximum absolute atomic E-state index is 6.51. The van der Waals surface area contributed by atoms with Gasteiger partial charge in [-0.15, -0.1) is 0 Å². The number of ether oxygens (including phenoxy) is 8. The second-order valence-electron chi connectivity index (χ2n) is 17.0. The first-order valence-corrected chi connectivity index (χ1v) is 24.0. The maximum Gasteiger partial charge on any atom is 0.119 e. The van der Waals surface area contributed by atoms with Crippen molar-refractivity contribution in [2.45, 2.75) is 117 Å². The van der Waals surface area contributed by atoms with E-state index in [0.29, 0.717) is 66.1 Å². The molecule has 2 aliphatic rings. The molecule has 8 heteroatoms. The minimum absolute atomic E-state index is 0.452. The van der Waals surface area contributed by atoms with Gasteiger partial charge in [0.2, 0.25) is 0 Å². The van der Waals surface area contributed by atoms with Crippen LogP contribution in [0.15, 0.2) is 72.8 Å². The monoisotopic (exact) mass is 851 g/mol. The first kappa shape index (κ1) is 47.4. The summed E-state index contributed by atoms with van der Waals surface area (Å²) >= 11 is 0. The highest BCUT2D eigenvalue weighted by Gasteiger charge is 2.14. The molecule has 338 valence electrons. The molecule has 0 radical (unpaired) electrons. The Kier molecular flexibility index (Phi) is 21.3. The molecule has 0 N–H and O–H groups in total. The van der Waals surface area contributed by atoms with Crippen molar-refractivity contribution >= 4 is 0 Å². The zero-order valence-corrected chi connectivity index (χ0v) is 38.0. The molecule has 1 heterocycles. The van der Waals surface area contributed by atoms with E-state index in [2.05, 4.69) is 86.6 Å². The summed E-state index contributed by atoms with van der Waals surface area (Å²) in [4.78, 5) is 0. The quantitative estimate of drug-likeness (QED) is 0.0909. The molecule has 10 bridgehead atoms. The molecule has 4 aromatic rings. The number of hydrogen-bond acceptors (Lipinski definition) is 8. The Balaban J connectivity index is 1.33. The lowest BCUT2D eigenvalue weighted by atomic mass is 9.93. The van der Waals surface area contributed by atoms with Crippen LogP contribution in [0.4, 0.5) is 0 Å². The largest absolute Gasteiger partial charge is 0.494 e. The van der Waals surface area contributed by atoms with Crippen LogP contribution in [-0.2, 0) is 44.6 Å². The number of hydrogen-bond donors (Lipinski definition) is 0. The summed E-state index contributed by atoms with van der Waals surface area (Å²) in [6.07, 6.45) is 17.8. The molecule has 1 aliphatic carbocycles. The van der Waals surface area contributed by atoms with E-state index in [1.165, 1.54) is 109 Å². The van der Waals surface area contributed by atoms with E-state index in [1.54, 1.807) is 0 Å². The second kappa shape index (κ2) is 27.9. The molecular formula is C54H74O8. The van der Waals surface area contributed by atoms with Crippen molar-refractivity contribution in [1.29, 1.82) is 0 Å². The molecule has 0 unspecified atom stereocenters. The average Bonchev–Trinajstić information content (AvgIpc) is 3.25. The fraction of sp³-hybridized carbons (Fsp3) is 0.556. The Hall–Kier alpha value is -4.08. The SMILES string of the molecule is CCCCCCCCOc1cc2cc(c1)Cc1cc3cc(c1)OCCOCCOCCOCCOCCOc1cc(cc(c1)Cc1cc(cc(OCCCCCCCC)c1)C3)C2. The third kappa shape index (κ3) is 18.0. The minimum Gasteiger partial charge on any atom is -0.494 e. The Labute approximate surface area is 372 Å². The van der Waals surface area contributed by atoms with E-state index in [1.807, 2.05) is 0 Å². The van der Waals surface area contributed by atoms with Crippen molar-refractivity contribution in [2.75, 3.05) is 79.3 Å². The van der Waals surface area contributed by atoms with Gasteiger partial charge in [0.25, 0.3) is 0 Å². The first-order chi connectivity index (χ1) is 30.6. The van der Waals surface area contributed by atoms with E-state index in [0.717, 1.165) is 74.7 Å². The topological polar surface area (TPSA) is 73.8 Å². The molecule has 8 nitrogen and oxygen atoms in total. The van der Waals surface area contributed by atoms with Gasteiger partial charge < -0.3 is 37.9 Å². The van der Waals surface area contributed by atoms with Crippen LogP contribution in [0.25, 0.3) is 0 Å². The molecule has 0 amide bonds. The van der Waals surface area contributed by atoms with Gasteiger partial charge in [0.15, 0.2) is 0 Å². The standard InChI is InChI=1S/C54H74O8/c1-3-5-7-9-11-13-15-59-51-35-43-27-44(36-51)30-48-34-50-32-46-28-45(37-52(38-46)60-16-14-12-10-8-6-4-2)31-49-33-47(29-43)39-53(41-49)61-25-23-57-21-19-55-17-18-56-20-22-58-24-26-62-54(40-48)42-50/h27-28,33-42H,3-26,29-32H2,1-2H3. The van der Waals surface area contributed by atoms with E-state index in [-0.39, 0.29) is 0 Å². The van der Waals surface area contributed by atoms with Crippen molar-refractivity contribution in [2.24, 2.45) is 0 Å². The fourth-order valence-corrected chi connectivity index (χ4v) is 8.35. The molecule has 62 heavy (non-hydrogen) atoms. The van der Waals surface area contributed by atoms with Gasteiger partial charge in [-0.1, -0.05) is 102 Å². The van der Waals surface area contributed by atoms with Crippen molar-refractivity contribution < 1.29 is 37.9 Å². The third-order valence-corrected chi connectivity index (χ3v) is 11.4. The van der Waals surface area contributed by atoms with Crippen molar-refractivity contribution in [3.8, 4) is 23.0 Å². The molecule has 0 saturated heterocycles. The van der Waals surface area contributed by atoms with Gasteiger partial charge in [0.1, 0.15) is 36.2 Å². The number of rotatable bonds is 16. The van der Waals surface area contributed by atoms with E-state index >= 15 is 0 Å². The highest BCUT2D eigenvalue weighted by molar-refractivity contribution is 5.47. The zero-order valence-electron chi connectivity index (χ0n) is 38.0. The van der Waals surface area contributed by atoms with Crippen LogP contribution < -0.4 is 18.9 Å². The summed E-state index contributed by atoms with van der Waals surface area (Å²) < 4.78 is 49.0. The second-order valence-corrected chi connectivity index (χ2v) is 17.0. The van der Waals surface area contributed by atoms with Crippen LogP contribution >= 0.6 is 0 Å². The predicted molar refractivity (Wildman–Crippen MR) is 249 cm³/mol. The average molecular weight is 851 g/mol. The van der Waals surface area contributed by atoms with Crippen LogP contribution in [0.3, 0.4) is 0 Å². The predicted octanol–water partition coefficient (Wildman–Crippen LogP) is 11.7. The molecule has 1 aliphatic heterocycles. The summed E-state index contributed by atoms with van der Waals surface area (Å²) in [7, 11) is 0. The van der Waals surface area contributed by atoms with Gasteiger partial charge in [-0.3, -0.25) is 0 Å². The van der Waals surface area contributed by atoms with Crippen molar-refractivity contribution in [1.82, 2.24) is 0 Å². The smallest absolute Gasteiger partial charge is 0.119 e. The summed E-state index contributed by atoms with van der Waals surface area (Å²) in [5.41, 5.74) is 9.69. The zero-order chi connectivity index (χ0) is 42.9. The van der Waals surface area contributed by atoms with Gasteiger partial charge in [-0.05, 0) is 132 Å². The van der Waals surface area contributed by atoms with Crippen LogP contribution in [0, 0.1) is 0 Å². The van der Waals surface area contributed by atoms with E-state index in [4.69, 9.17) is 37.9 Å². The van der Waals surface area contributed by atoms with Gasteiger partial charge in [-0.2, -0.15) is 0 Å². The maximum atomic E-state index is 6.51. The molecule has 0 saturated carbocycles. The van der Waals surface area contributed by atoms with Crippen LogP contribution in [-0.4, -0.2) is 79.3 Å². The Morgan fingerprint density at radius 3 is 0.919 bits per heavy atom.